The van der Waals surface area contributed by atoms with Gasteiger partial charge in [0.1, 0.15) is 5.82 Å². The molecule has 106 valence electrons. The van der Waals surface area contributed by atoms with E-state index in [9.17, 15) is 12.8 Å². The Balaban J connectivity index is 3.36. The predicted octanol–water partition coefficient (Wildman–Crippen LogP) is 2.13. The molecule has 0 aliphatic carbocycles. The zero-order chi connectivity index (χ0) is 14.6. The molecule has 0 saturated heterocycles. The fraction of sp³-hybridized carbons (Fsp3) is 0.333. The summed E-state index contributed by atoms with van der Waals surface area (Å²) < 4.78 is 39.4. The van der Waals surface area contributed by atoms with Gasteiger partial charge in [-0.15, -0.1) is 6.58 Å². The van der Waals surface area contributed by atoms with Gasteiger partial charge in [0.2, 0.25) is 10.0 Å². The van der Waals surface area contributed by atoms with E-state index in [1.165, 1.54) is 16.4 Å². The molecule has 0 aromatic heterocycles. The van der Waals surface area contributed by atoms with Crippen molar-refractivity contribution >= 4 is 21.6 Å². The van der Waals surface area contributed by atoms with Crippen LogP contribution in [0.25, 0.3) is 0 Å². The second kappa shape index (κ2) is 6.47. The summed E-state index contributed by atoms with van der Waals surface area (Å²) in [7, 11) is -3.78. The first-order valence-electron chi connectivity index (χ1n) is 5.67. The fourth-order valence-corrected chi connectivity index (χ4v) is 3.28. The van der Waals surface area contributed by atoms with Crippen molar-refractivity contribution in [2.75, 3.05) is 13.1 Å². The Hall–Kier alpha value is -0.950. The van der Waals surface area contributed by atoms with Crippen molar-refractivity contribution in [1.82, 2.24) is 4.31 Å². The Morgan fingerprint density at radius 2 is 2.16 bits per heavy atom. The highest BCUT2D eigenvalue weighted by Gasteiger charge is 2.24. The minimum absolute atomic E-state index is 0.0350. The first-order valence-corrected chi connectivity index (χ1v) is 7.49. The van der Waals surface area contributed by atoms with Gasteiger partial charge in [0.25, 0.3) is 0 Å². The number of rotatable bonds is 6. The maximum absolute atomic E-state index is 13.6. The van der Waals surface area contributed by atoms with Crippen LogP contribution in [-0.4, -0.2) is 25.8 Å². The van der Waals surface area contributed by atoms with Gasteiger partial charge < -0.3 is 5.73 Å². The van der Waals surface area contributed by atoms with E-state index in [1.54, 1.807) is 6.92 Å². The Kier molecular flexibility index (Phi) is 5.49. The van der Waals surface area contributed by atoms with Gasteiger partial charge in [-0.05, 0) is 17.7 Å². The Labute approximate surface area is 117 Å². The topological polar surface area (TPSA) is 63.4 Å². The molecule has 0 heterocycles. The molecule has 1 rings (SSSR count). The Bertz CT molecular complexity index is 575. The number of likely N-dealkylation sites (N-methyl/N-ethyl adjacent to an activating group) is 1. The van der Waals surface area contributed by atoms with Crippen LogP contribution < -0.4 is 5.73 Å². The normalized spacial score (nSPS) is 11.8. The first-order chi connectivity index (χ1) is 8.88. The quantitative estimate of drug-likeness (QED) is 0.819. The van der Waals surface area contributed by atoms with Crippen molar-refractivity contribution in [3.05, 3.63) is 41.2 Å². The molecule has 0 amide bonds. The fourth-order valence-electron chi connectivity index (χ4n) is 1.61. The zero-order valence-corrected chi connectivity index (χ0v) is 12.1. The van der Waals surface area contributed by atoms with Crippen molar-refractivity contribution in [3.63, 3.8) is 0 Å². The molecule has 1 aromatic rings. The van der Waals surface area contributed by atoms with Gasteiger partial charge in [0.05, 0.1) is 9.92 Å². The van der Waals surface area contributed by atoms with Crippen molar-refractivity contribution in [2.24, 2.45) is 5.73 Å². The number of benzene rings is 1. The van der Waals surface area contributed by atoms with Crippen molar-refractivity contribution < 1.29 is 12.8 Å². The minimum atomic E-state index is -3.78. The minimum Gasteiger partial charge on any atom is -0.326 e. The lowest BCUT2D eigenvalue weighted by molar-refractivity contribution is 0.459. The second-order valence-corrected chi connectivity index (χ2v) is 6.14. The maximum Gasteiger partial charge on any atom is 0.243 e. The molecule has 0 radical (unpaired) electrons. The number of nitrogens with zero attached hydrogens (tertiary/aromatic N) is 1. The Morgan fingerprint density at radius 3 is 2.63 bits per heavy atom. The van der Waals surface area contributed by atoms with Crippen LogP contribution >= 0.6 is 11.6 Å². The predicted molar refractivity (Wildman–Crippen MR) is 73.9 cm³/mol. The molecule has 7 heteroatoms. The lowest BCUT2D eigenvalue weighted by Gasteiger charge is -2.19. The van der Waals surface area contributed by atoms with Crippen molar-refractivity contribution in [1.29, 1.82) is 0 Å². The van der Waals surface area contributed by atoms with Crippen LogP contribution in [0.2, 0.25) is 5.02 Å². The second-order valence-electron chi connectivity index (χ2n) is 3.83. The standard InChI is InChI=1S/C12H16ClFN2O2S/c1-3-5-16(4-2)19(17,18)10-6-9(8-15)12(13)11(14)7-10/h3,6-7H,1,4-5,8,15H2,2H3. The van der Waals surface area contributed by atoms with Gasteiger partial charge >= 0.3 is 0 Å². The SMILES string of the molecule is C=CCN(CC)S(=O)(=O)c1cc(F)c(Cl)c(CN)c1. The van der Waals surface area contributed by atoms with Gasteiger partial charge in [-0.3, -0.25) is 0 Å². The molecule has 0 fully saturated rings. The van der Waals surface area contributed by atoms with Crippen LogP contribution in [0.15, 0.2) is 29.7 Å². The molecule has 0 saturated carbocycles. The molecular formula is C12H16ClFN2O2S. The van der Waals surface area contributed by atoms with Crippen LogP contribution in [0.1, 0.15) is 12.5 Å². The first kappa shape index (κ1) is 16.1. The lowest BCUT2D eigenvalue weighted by atomic mass is 10.2. The third-order valence-corrected chi connectivity index (χ3v) is 4.96. The van der Waals surface area contributed by atoms with Crippen LogP contribution in [0.4, 0.5) is 4.39 Å². The highest BCUT2D eigenvalue weighted by atomic mass is 35.5. The van der Waals surface area contributed by atoms with Gasteiger partial charge in [-0.2, -0.15) is 4.31 Å². The van der Waals surface area contributed by atoms with E-state index in [0.717, 1.165) is 6.07 Å². The summed E-state index contributed by atoms with van der Waals surface area (Å²) in [6, 6.07) is 2.20. The summed E-state index contributed by atoms with van der Waals surface area (Å²) in [4.78, 5) is -0.154. The number of hydrogen-bond donors (Lipinski definition) is 1. The van der Waals surface area contributed by atoms with Crippen LogP contribution in [0.3, 0.4) is 0 Å². The van der Waals surface area contributed by atoms with E-state index in [1.807, 2.05) is 0 Å². The molecule has 0 aliphatic rings. The molecule has 19 heavy (non-hydrogen) atoms. The molecule has 0 bridgehead atoms. The highest BCUT2D eigenvalue weighted by Crippen LogP contribution is 2.26. The van der Waals surface area contributed by atoms with Crippen LogP contribution in [0, 0.1) is 5.82 Å². The molecular weight excluding hydrogens is 291 g/mol. The van der Waals surface area contributed by atoms with Gasteiger partial charge in [0, 0.05) is 19.6 Å². The van der Waals surface area contributed by atoms with E-state index >= 15 is 0 Å². The van der Waals surface area contributed by atoms with Gasteiger partial charge in [0.15, 0.2) is 0 Å². The average molecular weight is 307 g/mol. The molecule has 2 N–H and O–H groups in total. The van der Waals surface area contributed by atoms with E-state index in [4.69, 9.17) is 17.3 Å². The number of sulfonamides is 1. The summed E-state index contributed by atoms with van der Waals surface area (Å²) in [6.07, 6.45) is 1.47. The number of nitrogens with two attached hydrogens (primary N) is 1. The average Bonchev–Trinajstić information content (AvgIpc) is 2.38. The molecule has 0 spiro atoms. The molecule has 0 atom stereocenters. The molecule has 1 aromatic carbocycles. The van der Waals surface area contributed by atoms with Crippen molar-refractivity contribution in [2.45, 2.75) is 18.4 Å². The summed E-state index contributed by atoms with van der Waals surface area (Å²) in [6.45, 7) is 5.57. The van der Waals surface area contributed by atoms with Crippen LogP contribution in [-0.2, 0) is 16.6 Å². The zero-order valence-electron chi connectivity index (χ0n) is 10.6. The number of hydrogen-bond acceptors (Lipinski definition) is 3. The highest BCUT2D eigenvalue weighted by molar-refractivity contribution is 7.89. The van der Waals surface area contributed by atoms with E-state index in [0.29, 0.717) is 0 Å². The summed E-state index contributed by atoms with van der Waals surface area (Å²) >= 11 is 5.71. The van der Waals surface area contributed by atoms with Gasteiger partial charge in [-0.1, -0.05) is 24.6 Å². The van der Waals surface area contributed by atoms with Gasteiger partial charge in [-0.25, -0.2) is 12.8 Å². The van der Waals surface area contributed by atoms with E-state index < -0.39 is 15.8 Å². The largest absolute Gasteiger partial charge is 0.326 e. The molecule has 0 unspecified atom stereocenters. The summed E-state index contributed by atoms with van der Waals surface area (Å²) in [5.41, 5.74) is 5.68. The molecule has 4 nitrogen and oxygen atoms in total. The van der Waals surface area contributed by atoms with E-state index in [2.05, 4.69) is 6.58 Å². The Morgan fingerprint density at radius 1 is 1.53 bits per heavy atom. The van der Waals surface area contributed by atoms with E-state index in [-0.39, 0.29) is 35.1 Å². The smallest absolute Gasteiger partial charge is 0.243 e. The molecule has 0 aliphatic heterocycles. The number of halogens is 2. The lowest BCUT2D eigenvalue weighted by Crippen LogP contribution is -2.31. The third-order valence-electron chi connectivity index (χ3n) is 2.62. The maximum atomic E-state index is 13.6. The summed E-state index contributed by atoms with van der Waals surface area (Å²) in [5, 5.41) is -0.145. The van der Waals surface area contributed by atoms with Crippen LogP contribution in [0.5, 0.6) is 0 Å². The summed E-state index contributed by atoms with van der Waals surface area (Å²) in [5.74, 6) is -0.794. The third kappa shape index (κ3) is 3.33. The monoisotopic (exact) mass is 306 g/mol. The van der Waals surface area contributed by atoms with Crippen molar-refractivity contribution in [3.8, 4) is 0 Å².